The zero-order valence-electron chi connectivity index (χ0n) is 3.82. The van der Waals surface area contributed by atoms with E-state index in [0.717, 1.165) is 0 Å². The minimum atomic E-state index is -5.00. The SMILES string of the molecule is O.[Co].[LiH].[Mn].[Ni].[OH][Ti]([OH])([OH])[OH]. The molecule has 0 aliphatic carbocycles. The molecule has 0 spiro atoms. The molecule has 10 heteroatoms. The van der Waals surface area contributed by atoms with E-state index in [9.17, 15) is 0 Å². The molecule has 0 bridgehead atoms. The maximum absolute atomic E-state index is 7.38. The molecular formula is H7CoLiMnNiO5Ti. The molecule has 5 nitrogen and oxygen atoms in total. The van der Waals surface area contributed by atoms with E-state index in [1.807, 2.05) is 0 Å². The summed E-state index contributed by atoms with van der Waals surface area (Å²) in [6, 6.07) is 0. The van der Waals surface area contributed by atoms with E-state index in [2.05, 4.69) is 0 Å². The van der Waals surface area contributed by atoms with Crippen molar-refractivity contribution in [3.63, 3.8) is 0 Å². The van der Waals surface area contributed by atoms with Crippen molar-refractivity contribution < 1.29 is 88.7 Å². The Bertz CT molecular complexity index is 37.1. The minimum absolute atomic E-state index is 0. The van der Waals surface area contributed by atoms with Gasteiger partial charge in [-0.25, -0.2) is 0 Å². The van der Waals surface area contributed by atoms with Gasteiger partial charge in [-0.1, -0.05) is 0 Å². The second kappa shape index (κ2) is 17.6. The molecule has 0 saturated carbocycles. The molecule has 0 atom stereocenters. The fourth-order valence-electron chi connectivity index (χ4n) is 0. The Morgan fingerprint density at radius 3 is 0.900 bits per heavy atom. The predicted molar refractivity (Wildman–Crippen MR) is 19.6 cm³/mol. The molecule has 0 rings (SSSR count). The monoisotopic (exact) mass is 314 g/mol. The topological polar surface area (TPSA) is 112 Å². The third kappa shape index (κ3) is 142. The summed E-state index contributed by atoms with van der Waals surface area (Å²) in [6.45, 7) is 0. The Labute approximate surface area is 106 Å². The molecule has 0 fully saturated rings. The summed E-state index contributed by atoms with van der Waals surface area (Å²) < 4.78 is 29.5. The third-order valence-corrected chi connectivity index (χ3v) is 0. The first-order valence-corrected chi connectivity index (χ1v) is 3.69. The average Bonchev–Trinajstić information content (AvgIpc) is 0.722. The summed E-state index contributed by atoms with van der Waals surface area (Å²) in [5.41, 5.74) is 0. The molecule has 0 amide bonds. The van der Waals surface area contributed by atoms with Crippen LogP contribution in [0.2, 0.25) is 0 Å². The van der Waals surface area contributed by atoms with Gasteiger partial charge in [0.2, 0.25) is 0 Å². The van der Waals surface area contributed by atoms with Crippen LogP contribution in [0.4, 0.5) is 0 Å². The van der Waals surface area contributed by atoms with E-state index >= 15 is 0 Å². The van der Waals surface area contributed by atoms with Crippen molar-refractivity contribution in [2.75, 3.05) is 0 Å². The summed E-state index contributed by atoms with van der Waals surface area (Å²) in [7, 11) is 0. The van der Waals surface area contributed by atoms with Gasteiger partial charge in [0.1, 0.15) is 0 Å². The molecule has 0 heterocycles. The van der Waals surface area contributed by atoms with E-state index in [1.54, 1.807) is 0 Å². The third-order valence-electron chi connectivity index (χ3n) is 0. The average molecular weight is 314 g/mol. The van der Waals surface area contributed by atoms with Gasteiger partial charge in [0, 0.05) is 50.3 Å². The van der Waals surface area contributed by atoms with Crippen LogP contribution in [0.1, 0.15) is 0 Å². The summed E-state index contributed by atoms with van der Waals surface area (Å²) in [5.74, 6) is 0. The molecule has 0 aromatic rings. The maximum atomic E-state index is 7.38. The van der Waals surface area contributed by atoms with Gasteiger partial charge in [-0.15, -0.1) is 0 Å². The van der Waals surface area contributed by atoms with Gasteiger partial charge in [-0.05, 0) is 0 Å². The molecule has 0 aliphatic heterocycles. The molecule has 0 saturated heterocycles. The molecule has 0 aromatic heterocycles. The van der Waals surface area contributed by atoms with Gasteiger partial charge in [0.25, 0.3) is 0 Å². The van der Waals surface area contributed by atoms with E-state index in [4.69, 9.17) is 14.8 Å². The van der Waals surface area contributed by atoms with Gasteiger partial charge in [0.15, 0.2) is 0 Å². The Morgan fingerprint density at radius 2 is 0.900 bits per heavy atom. The molecule has 0 aromatic carbocycles. The zero-order valence-corrected chi connectivity index (χ0v) is 8.59. The Morgan fingerprint density at radius 1 is 0.900 bits per heavy atom. The predicted octanol–water partition coefficient (Wildman–Crippen LogP) is -3.71. The molecule has 2 radical (unpaired) electrons. The van der Waals surface area contributed by atoms with Crippen LogP contribution < -0.4 is 0 Å². The van der Waals surface area contributed by atoms with Crippen LogP contribution in [0.25, 0.3) is 0 Å². The van der Waals surface area contributed by atoms with Gasteiger partial charge < -0.3 is 5.48 Å². The van der Waals surface area contributed by atoms with Gasteiger partial charge >= 0.3 is 51.8 Å². The molecule has 6 N–H and O–H groups in total. The van der Waals surface area contributed by atoms with E-state index in [-0.39, 0.29) is 74.7 Å². The first kappa shape index (κ1) is 38.9. The van der Waals surface area contributed by atoms with Crippen molar-refractivity contribution in [3.8, 4) is 0 Å². The zero-order chi connectivity index (χ0) is 4.50. The van der Waals surface area contributed by atoms with Crippen molar-refractivity contribution >= 4 is 18.9 Å². The fourth-order valence-corrected chi connectivity index (χ4v) is 0. The van der Waals surface area contributed by atoms with Gasteiger partial charge in [-0.2, -0.15) is 0 Å². The van der Waals surface area contributed by atoms with E-state index < -0.39 is 18.1 Å². The van der Waals surface area contributed by atoms with Crippen LogP contribution in [0.15, 0.2) is 0 Å². The van der Waals surface area contributed by atoms with Crippen LogP contribution in [0.3, 0.4) is 0 Å². The Kier molecular flexibility index (Phi) is 68.6. The van der Waals surface area contributed by atoms with Crippen molar-refractivity contribution in [3.05, 3.63) is 0 Å². The molecule has 0 aliphatic rings. The standard InChI is InChI=1S/Co.Li.Mn.Ni.5H2O.Ti.H/h;;;;5*1H2;;/q;;;;;;;;;+4;/p-4. The summed E-state index contributed by atoms with van der Waals surface area (Å²) >= 11 is -5.00. The first-order valence-electron chi connectivity index (χ1n) is 0.894. The van der Waals surface area contributed by atoms with Crippen LogP contribution in [0, 0.1) is 0 Å². The fraction of sp³-hybridized carbons (Fsp3) is 0. The second-order valence-corrected chi connectivity index (χ2v) is 2.47. The molecule has 68 valence electrons. The first-order chi connectivity index (χ1) is 2.00. The van der Waals surface area contributed by atoms with Crippen LogP contribution in [-0.4, -0.2) is 39.1 Å². The normalized spacial score (nSPS) is 6.00. The second-order valence-electron chi connectivity index (χ2n) is 0.600. The summed E-state index contributed by atoms with van der Waals surface area (Å²) in [4.78, 5) is 0. The Balaban J connectivity index is -0.00000000800. The summed E-state index contributed by atoms with van der Waals surface area (Å²) in [6.07, 6.45) is 0. The number of hydrogen-bond acceptors (Lipinski definition) is 4. The van der Waals surface area contributed by atoms with E-state index in [0.29, 0.717) is 0 Å². The van der Waals surface area contributed by atoms with Gasteiger partial charge in [-0.3, -0.25) is 0 Å². The molecule has 0 unspecified atom stereocenters. The quantitative estimate of drug-likeness (QED) is 0.345. The van der Waals surface area contributed by atoms with Crippen molar-refractivity contribution in [1.29, 1.82) is 0 Å². The van der Waals surface area contributed by atoms with Crippen LogP contribution >= 0.6 is 0 Å². The molecular weight excluding hydrogens is 307 g/mol. The summed E-state index contributed by atoms with van der Waals surface area (Å²) in [5, 5.41) is 0. The molecule has 10 heavy (non-hydrogen) atoms. The van der Waals surface area contributed by atoms with Gasteiger partial charge in [0.05, 0.1) is 0 Å². The Hall–Kier alpha value is 2.63. The van der Waals surface area contributed by atoms with Crippen LogP contribution in [-0.2, 0) is 68.5 Å². The van der Waals surface area contributed by atoms with Crippen molar-refractivity contribution in [2.45, 2.75) is 0 Å². The van der Waals surface area contributed by atoms with Crippen LogP contribution in [0.5, 0.6) is 0 Å². The van der Waals surface area contributed by atoms with Crippen molar-refractivity contribution in [2.24, 2.45) is 0 Å². The van der Waals surface area contributed by atoms with Crippen molar-refractivity contribution in [1.82, 2.24) is 0 Å². The number of hydrogen-bond donors (Lipinski definition) is 4. The van der Waals surface area contributed by atoms with E-state index in [1.165, 1.54) is 0 Å². The number of rotatable bonds is 0.